The lowest BCUT2D eigenvalue weighted by Gasteiger charge is -2.11. The molecule has 0 saturated carbocycles. The molecule has 0 saturated heterocycles. The fraction of sp³-hybridized carbons (Fsp3) is 0.182. The molecule has 0 spiro atoms. The maximum Gasteiger partial charge on any atom is 0.269 e. The Balaban J connectivity index is 1.59. The van der Waals surface area contributed by atoms with Crippen LogP contribution in [-0.4, -0.2) is 31.7 Å². The third-order valence-corrected chi connectivity index (χ3v) is 4.29. The number of carbonyl (C=O) groups is 1. The number of halogens is 1. The molecule has 3 aromatic rings. The van der Waals surface area contributed by atoms with Crippen molar-refractivity contribution in [2.24, 2.45) is 0 Å². The molecule has 1 amide bonds. The van der Waals surface area contributed by atoms with E-state index in [0.29, 0.717) is 35.8 Å². The third kappa shape index (κ3) is 5.22. The van der Waals surface area contributed by atoms with Gasteiger partial charge in [0, 0.05) is 18.4 Å². The molecule has 29 heavy (non-hydrogen) atoms. The van der Waals surface area contributed by atoms with Gasteiger partial charge in [-0.3, -0.25) is 9.78 Å². The molecule has 2 N–H and O–H groups in total. The number of para-hydroxylation sites is 1. The van der Waals surface area contributed by atoms with Crippen LogP contribution in [0.2, 0.25) is 0 Å². The highest BCUT2D eigenvalue weighted by Crippen LogP contribution is 2.27. The van der Waals surface area contributed by atoms with Gasteiger partial charge in [-0.25, -0.2) is 4.39 Å². The van der Waals surface area contributed by atoms with E-state index in [2.05, 4.69) is 15.6 Å². The summed E-state index contributed by atoms with van der Waals surface area (Å²) in [6, 6.07) is 15.2. The van der Waals surface area contributed by atoms with Crippen LogP contribution in [0.4, 0.5) is 15.8 Å². The lowest BCUT2D eigenvalue weighted by atomic mass is 10.1. The number of rotatable bonds is 8. The van der Waals surface area contributed by atoms with Crippen LogP contribution in [0.1, 0.15) is 16.1 Å². The Hall–Kier alpha value is -3.61. The van der Waals surface area contributed by atoms with Gasteiger partial charge in [0.25, 0.3) is 5.91 Å². The number of ether oxygens (including phenoxy) is 2. The predicted octanol–water partition coefficient (Wildman–Crippen LogP) is 3.95. The zero-order valence-corrected chi connectivity index (χ0v) is 16.2. The van der Waals surface area contributed by atoms with Gasteiger partial charge in [-0.15, -0.1) is 0 Å². The molecular formula is C22H22FN3O3. The number of anilines is 2. The summed E-state index contributed by atoms with van der Waals surface area (Å²) in [4.78, 5) is 16.5. The van der Waals surface area contributed by atoms with Gasteiger partial charge in [-0.2, -0.15) is 0 Å². The number of hydrogen-bond donors (Lipinski definition) is 2. The van der Waals surface area contributed by atoms with Crippen LogP contribution < -0.4 is 20.1 Å². The normalized spacial score (nSPS) is 10.3. The predicted molar refractivity (Wildman–Crippen MR) is 110 cm³/mol. The average molecular weight is 395 g/mol. The minimum absolute atomic E-state index is 0.249. The van der Waals surface area contributed by atoms with Crippen LogP contribution >= 0.6 is 0 Å². The Kier molecular flexibility index (Phi) is 6.63. The summed E-state index contributed by atoms with van der Waals surface area (Å²) in [6.07, 6.45) is 2.13. The number of methoxy groups -OCH3 is 2. The Bertz CT molecular complexity index is 995. The first-order chi connectivity index (χ1) is 14.1. The van der Waals surface area contributed by atoms with Crippen molar-refractivity contribution in [2.75, 3.05) is 26.1 Å². The summed E-state index contributed by atoms with van der Waals surface area (Å²) in [5.41, 5.74) is 2.16. The first kappa shape index (κ1) is 20.1. The Labute approximate surface area is 168 Å². The Morgan fingerprint density at radius 2 is 1.83 bits per heavy atom. The van der Waals surface area contributed by atoms with Crippen molar-refractivity contribution >= 4 is 17.3 Å². The summed E-state index contributed by atoms with van der Waals surface area (Å²) in [5, 5.41) is 5.79. The summed E-state index contributed by atoms with van der Waals surface area (Å²) < 4.78 is 24.3. The lowest BCUT2D eigenvalue weighted by Crippen LogP contribution is -2.26. The maximum absolute atomic E-state index is 13.8. The molecule has 0 fully saturated rings. The van der Waals surface area contributed by atoms with Gasteiger partial charge in [0.1, 0.15) is 11.5 Å². The number of pyridine rings is 1. The smallest absolute Gasteiger partial charge is 0.269 e. The van der Waals surface area contributed by atoms with E-state index in [1.165, 1.54) is 12.3 Å². The molecule has 0 aliphatic carbocycles. The zero-order valence-electron chi connectivity index (χ0n) is 16.2. The molecule has 150 valence electrons. The minimum Gasteiger partial charge on any atom is -0.493 e. The second-order valence-corrected chi connectivity index (χ2v) is 6.23. The molecule has 1 aromatic heterocycles. The number of aromatic nitrogens is 1. The summed E-state index contributed by atoms with van der Waals surface area (Å²) >= 11 is 0. The molecule has 0 radical (unpaired) electrons. The molecule has 0 bridgehead atoms. The summed E-state index contributed by atoms with van der Waals surface area (Å²) in [6.45, 7) is 0.432. The molecule has 0 unspecified atom stereocenters. The van der Waals surface area contributed by atoms with Gasteiger partial charge in [-0.05, 0) is 48.4 Å². The lowest BCUT2D eigenvalue weighted by molar-refractivity contribution is 0.0949. The van der Waals surface area contributed by atoms with Gasteiger partial charge in [0.05, 0.1) is 19.9 Å². The standard InChI is InChI=1S/C22H22FN3O3/c1-28-20-8-7-15(13-21(20)29-2)9-11-25-22(27)19-14-16(10-12-24-19)26-18-6-4-3-5-17(18)23/h3-8,10,12-14H,9,11H2,1-2H3,(H,24,26)(H,25,27). The van der Waals surface area contributed by atoms with Crippen LogP contribution in [0.25, 0.3) is 0 Å². The second kappa shape index (κ2) is 9.54. The van der Waals surface area contributed by atoms with Gasteiger partial charge >= 0.3 is 0 Å². The summed E-state index contributed by atoms with van der Waals surface area (Å²) in [7, 11) is 3.16. The average Bonchev–Trinajstić information content (AvgIpc) is 2.75. The fourth-order valence-corrected chi connectivity index (χ4v) is 2.80. The maximum atomic E-state index is 13.8. The van der Waals surface area contributed by atoms with Gasteiger partial charge < -0.3 is 20.1 Å². The van der Waals surface area contributed by atoms with Crippen LogP contribution in [0.5, 0.6) is 11.5 Å². The van der Waals surface area contributed by atoms with E-state index in [4.69, 9.17) is 9.47 Å². The van der Waals surface area contributed by atoms with Gasteiger partial charge in [0.2, 0.25) is 0 Å². The molecule has 1 heterocycles. The topological polar surface area (TPSA) is 72.5 Å². The highest BCUT2D eigenvalue weighted by Gasteiger charge is 2.10. The number of carbonyl (C=O) groups excluding carboxylic acids is 1. The molecule has 0 aliphatic heterocycles. The molecule has 6 nitrogen and oxygen atoms in total. The van der Waals surface area contributed by atoms with E-state index in [9.17, 15) is 9.18 Å². The van der Waals surface area contributed by atoms with Crippen molar-refractivity contribution < 1.29 is 18.7 Å². The van der Waals surface area contributed by atoms with Crippen LogP contribution in [0.15, 0.2) is 60.8 Å². The summed E-state index contributed by atoms with van der Waals surface area (Å²) in [5.74, 6) is 0.626. The quantitative estimate of drug-likeness (QED) is 0.604. The SMILES string of the molecule is COc1ccc(CCNC(=O)c2cc(Nc3ccccc3F)ccn2)cc1OC. The molecule has 3 rings (SSSR count). The van der Waals surface area contributed by atoms with Crippen molar-refractivity contribution in [1.29, 1.82) is 0 Å². The largest absolute Gasteiger partial charge is 0.493 e. The van der Waals surface area contributed by atoms with Crippen molar-refractivity contribution in [3.63, 3.8) is 0 Å². The van der Waals surface area contributed by atoms with Crippen molar-refractivity contribution in [2.45, 2.75) is 6.42 Å². The third-order valence-electron chi connectivity index (χ3n) is 4.29. The van der Waals surface area contributed by atoms with E-state index < -0.39 is 0 Å². The number of nitrogens with zero attached hydrogens (tertiary/aromatic N) is 1. The molecule has 2 aromatic carbocycles. The highest BCUT2D eigenvalue weighted by atomic mass is 19.1. The molecule has 0 atom stereocenters. The van der Waals surface area contributed by atoms with Gasteiger partial charge in [0.15, 0.2) is 11.5 Å². The monoisotopic (exact) mass is 395 g/mol. The Morgan fingerprint density at radius 1 is 1.03 bits per heavy atom. The van der Waals surface area contributed by atoms with Gasteiger partial charge in [-0.1, -0.05) is 18.2 Å². The Morgan fingerprint density at radius 3 is 2.59 bits per heavy atom. The fourth-order valence-electron chi connectivity index (χ4n) is 2.80. The van der Waals surface area contributed by atoms with E-state index in [0.717, 1.165) is 5.56 Å². The van der Waals surface area contributed by atoms with Crippen LogP contribution in [-0.2, 0) is 6.42 Å². The highest BCUT2D eigenvalue weighted by molar-refractivity contribution is 5.93. The van der Waals surface area contributed by atoms with E-state index in [-0.39, 0.29) is 17.4 Å². The van der Waals surface area contributed by atoms with Crippen LogP contribution in [0.3, 0.4) is 0 Å². The van der Waals surface area contributed by atoms with E-state index in [1.807, 2.05) is 18.2 Å². The number of nitrogens with one attached hydrogen (secondary N) is 2. The van der Waals surface area contributed by atoms with Crippen LogP contribution in [0, 0.1) is 5.82 Å². The first-order valence-electron chi connectivity index (χ1n) is 9.07. The van der Waals surface area contributed by atoms with Crippen molar-refractivity contribution in [3.05, 3.63) is 77.9 Å². The minimum atomic E-state index is -0.370. The van der Waals surface area contributed by atoms with Crippen molar-refractivity contribution in [3.8, 4) is 11.5 Å². The molecule has 0 aliphatic rings. The molecule has 7 heteroatoms. The number of benzene rings is 2. The molecular weight excluding hydrogens is 373 g/mol. The van der Waals surface area contributed by atoms with E-state index in [1.54, 1.807) is 44.6 Å². The van der Waals surface area contributed by atoms with Crippen molar-refractivity contribution in [1.82, 2.24) is 10.3 Å². The zero-order chi connectivity index (χ0) is 20.6. The number of hydrogen-bond acceptors (Lipinski definition) is 5. The first-order valence-corrected chi connectivity index (χ1v) is 9.07. The van der Waals surface area contributed by atoms with E-state index >= 15 is 0 Å². The second-order valence-electron chi connectivity index (χ2n) is 6.23. The number of amides is 1.